The van der Waals surface area contributed by atoms with Crippen LogP contribution in [0.25, 0.3) is 0 Å². The summed E-state index contributed by atoms with van der Waals surface area (Å²) in [5.74, 6) is -1.01. The quantitative estimate of drug-likeness (QED) is 0.830. The Morgan fingerprint density at radius 2 is 2.44 bits per heavy atom. The summed E-state index contributed by atoms with van der Waals surface area (Å²) >= 11 is 0. The van der Waals surface area contributed by atoms with E-state index < -0.39 is 5.97 Å². The fourth-order valence-corrected chi connectivity index (χ4v) is 1.68. The molecular formula is C11H14N4O3. The summed E-state index contributed by atoms with van der Waals surface area (Å²) in [5.41, 5.74) is 1.56. The molecule has 2 heterocycles. The lowest BCUT2D eigenvalue weighted by Crippen LogP contribution is -2.23. The third kappa shape index (κ3) is 2.40. The Morgan fingerprint density at radius 3 is 3.06 bits per heavy atom. The molecular weight excluding hydrogens is 236 g/mol. The second-order valence-electron chi connectivity index (χ2n) is 4.09. The third-order valence-corrected chi connectivity index (χ3v) is 2.90. The van der Waals surface area contributed by atoms with E-state index in [1.165, 1.54) is 12.5 Å². The summed E-state index contributed by atoms with van der Waals surface area (Å²) in [6.45, 7) is 2.44. The molecule has 0 aliphatic rings. The van der Waals surface area contributed by atoms with Crippen LogP contribution >= 0.6 is 0 Å². The summed E-state index contributed by atoms with van der Waals surface area (Å²) in [6.07, 6.45) is 3.04. The third-order valence-electron chi connectivity index (χ3n) is 2.90. The lowest BCUT2D eigenvalue weighted by Gasteiger charge is -2.22. The number of hydrogen-bond donors (Lipinski definition) is 2. The molecule has 0 radical (unpaired) electrons. The number of nitrogens with one attached hydrogen (secondary N) is 1. The highest BCUT2D eigenvalue weighted by atomic mass is 16.5. The summed E-state index contributed by atoms with van der Waals surface area (Å²) in [7, 11) is 1.89. The van der Waals surface area contributed by atoms with Gasteiger partial charge in [0.1, 0.15) is 17.7 Å². The van der Waals surface area contributed by atoms with E-state index >= 15 is 0 Å². The fraction of sp³-hybridized carbons (Fsp3) is 0.364. The van der Waals surface area contributed by atoms with E-state index in [2.05, 4.69) is 15.4 Å². The predicted octanol–water partition coefficient (Wildman–Crippen LogP) is 1.29. The second kappa shape index (κ2) is 5.01. The SMILES string of the molecule is CC(c1ccon1)N(C)Cc1cn[nH]c1C(=O)O. The first kappa shape index (κ1) is 12.3. The number of aromatic amines is 1. The molecule has 7 nitrogen and oxygen atoms in total. The predicted molar refractivity (Wildman–Crippen MR) is 61.9 cm³/mol. The maximum absolute atomic E-state index is 10.9. The minimum Gasteiger partial charge on any atom is -0.477 e. The van der Waals surface area contributed by atoms with Crippen molar-refractivity contribution in [3.63, 3.8) is 0 Å². The van der Waals surface area contributed by atoms with Crippen LogP contribution in [0.5, 0.6) is 0 Å². The van der Waals surface area contributed by atoms with E-state index in [-0.39, 0.29) is 11.7 Å². The van der Waals surface area contributed by atoms with Gasteiger partial charge >= 0.3 is 5.97 Å². The van der Waals surface area contributed by atoms with Crippen LogP contribution in [0, 0.1) is 0 Å². The first-order valence-corrected chi connectivity index (χ1v) is 5.45. The zero-order valence-corrected chi connectivity index (χ0v) is 10.1. The molecule has 0 saturated heterocycles. The van der Waals surface area contributed by atoms with Crippen LogP contribution in [0.4, 0.5) is 0 Å². The molecule has 0 aliphatic heterocycles. The van der Waals surface area contributed by atoms with Crippen molar-refractivity contribution in [1.29, 1.82) is 0 Å². The van der Waals surface area contributed by atoms with Gasteiger partial charge in [-0.3, -0.25) is 10.00 Å². The minimum absolute atomic E-state index is 0.0281. The number of rotatable bonds is 5. The van der Waals surface area contributed by atoms with E-state index in [4.69, 9.17) is 9.63 Å². The van der Waals surface area contributed by atoms with Gasteiger partial charge in [-0.05, 0) is 14.0 Å². The van der Waals surface area contributed by atoms with Gasteiger partial charge < -0.3 is 9.63 Å². The zero-order valence-electron chi connectivity index (χ0n) is 10.1. The van der Waals surface area contributed by atoms with E-state index in [0.717, 1.165) is 5.69 Å². The Balaban J connectivity index is 2.09. The molecule has 1 atom stereocenters. The highest BCUT2D eigenvalue weighted by molar-refractivity contribution is 5.86. The van der Waals surface area contributed by atoms with Crippen molar-refractivity contribution in [2.75, 3.05) is 7.05 Å². The number of carbonyl (C=O) groups is 1. The molecule has 18 heavy (non-hydrogen) atoms. The fourth-order valence-electron chi connectivity index (χ4n) is 1.68. The number of H-pyrrole nitrogens is 1. The Kier molecular flexibility index (Phi) is 3.42. The molecule has 96 valence electrons. The molecule has 2 aromatic heterocycles. The maximum atomic E-state index is 10.9. The molecule has 0 saturated carbocycles. The van der Waals surface area contributed by atoms with Crippen LogP contribution in [-0.4, -0.2) is 38.4 Å². The van der Waals surface area contributed by atoms with Crippen molar-refractivity contribution >= 4 is 5.97 Å². The minimum atomic E-state index is -1.01. The van der Waals surface area contributed by atoms with Crippen molar-refractivity contribution < 1.29 is 14.4 Å². The number of carboxylic acid groups (broad SMARTS) is 1. The van der Waals surface area contributed by atoms with Gasteiger partial charge in [-0.25, -0.2) is 4.79 Å². The zero-order chi connectivity index (χ0) is 13.1. The van der Waals surface area contributed by atoms with E-state index in [1.807, 2.05) is 18.9 Å². The highest BCUT2D eigenvalue weighted by Gasteiger charge is 2.18. The maximum Gasteiger partial charge on any atom is 0.354 e. The van der Waals surface area contributed by atoms with E-state index in [1.54, 1.807) is 6.07 Å². The van der Waals surface area contributed by atoms with Crippen molar-refractivity contribution in [3.8, 4) is 0 Å². The topological polar surface area (TPSA) is 95.3 Å². The Morgan fingerprint density at radius 1 is 1.67 bits per heavy atom. The largest absolute Gasteiger partial charge is 0.477 e. The number of nitrogens with zero attached hydrogens (tertiary/aromatic N) is 3. The van der Waals surface area contributed by atoms with Crippen molar-refractivity contribution in [2.24, 2.45) is 0 Å². The van der Waals surface area contributed by atoms with Crippen molar-refractivity contribution in [1.82, 2.24) is 20.3 Å². The van der Waals surface area contributed by atoms with Crippen LogP contribution in [0.2, 0.25) is 0 Å². The first-order valence-electron chi connectivity index (χ1n) is 5.45. The van der Waals surface area contributed by atoms with Gasteiger partial charge in [-0.1, -0.05) is 5.16 Å². The normalized spacial score (nSPS) is 12.8. The van der Waals surface area contributed by atoms with Gasteiger partial charge in [0.15, 0.2) is 0 Å². The summed E-state index contributed by atoms with van der Waals surface area (Å²) in [4.78, 5) is 12.9. The van der Waals surface area contributed by atoms with Crippen LogP contribution in [0.1, 0.15) is 34.7 Å². The first-order chi connectivity index (χ1) is 8.59. The molecule has 2 rings (SSSR count). The summed E-state index contributed by atoms with van der Waals surface area (Å²) in [6, 6.07) is 1.81. The lowest BCUT2D eigenvalue weighted by molar-refractivity contribution is 0.0688. The van der Waals surface area contributed by atoms with Gasteiger partial charge in [0.25, 0.3) is 0 Å². The summed E-state index contributed by atoms with van der Waals surface area (Å²) < 4.78 is 4.79. The molecule has 0 amide bonds. The van der Waals surface area contributed by atoms with E-state index in [0.29, 0.717) is 12.1 Å². The van der Waals surface area contributed by atoms with Gasteiger partial charge in [0, 0.05) is 18.2 Å². The summed E-state index contributed by atoms with van der Waals surface area (Å²) in [5, 5.41) is 19.1. The van der Waals surface area contributed by atoms with Crippen LogP contribution in [0.3, 0.4) is 0 Å². The van der Waals surface area contributed by atoms with Gasteiger partial charge in [-0.15, -0.1) is 0 Å². The Hall–Kier alpha value is -2.15. The van der Waals surface area contributed by atoms with Gasteiger partial charge in [0.05, 0.1) is 12.2 Å². The smallest absolute Gasteiger partial charge is 0.354 e. The Labute approximate surface area is 103 Å². The molecule has 0 aromatic carbocycles. The average Bonchev–Trinajstić information content (AvgIpc) is 2.98. The average molecular weight is 250 g/mol. The van der Waals surface area contributed by atoms with Crippen LogP contribution in [0.15, 0.2) is 23.0 Å². The standard InChI is InChI=1S/C11H14N4O3/c1-7(9-3-4-18-14-9)15(2)6-8-5-12-13-10(8)11(16)17/h3-5,7H,6H2,1-2H3,(H,12,13)(H,16,17). The molecule has 2 aromatic rings. The molecule has 0 spiro atoms. The van der Waals surface area contributed by atoms with Gasteiger partial charge in [-0.2, -0.15) is 5.10 Å². The molecule has 1 unspecified atom stereocenters. The molecule has 0 aliphatic carbocycles. The molecule has 0 bridgehead atoms. The molecule has 0 fully saturated rings. The lowest BCUT2D eigenvalue weighted by atomic mass is 10.1. The number of carboxylic acids is 1. The van der Waals surface area contributed by atoms with Crippen molar-refractivity contribution in [3.05, 3.63) is 35.5 Å². The second-order valence-corrected chi connectivity index (χ2v) is 4.09. The van der Waals surface area contributed by atoms with Crippen LogP contribution < -0.4 is 0 Å². The number of aromatic nitrogens is 3. The van der Waals surface area contributed by atoms with E-state index in [9.17, 15) is 4.79 Å². The number of hydrogen-bond acceptors (Lipinski definition) is 5. The van der Waals surface area contributed by atoms with Crippen molar-refractivity contribution in [2.45, 2.75) is 19.5 Å². The molecule has 2 N–H and O–H groups in total. The number of aromatic carboxylic acids is 1. The Bertz CT molecular complexity index is 520. The highest BCUT2D eigenvalue weighted by Crippen LogP contribution is 2.19. The van der Waals surface area contributed by atoms with Gasteiger partial charge in [0.2, 0.25) is 0 Å². The molecule has 7 heteroatoms. The van der Waals surface area contributed by atoms with Crippen LogP contribution in [-0.2, 0) is 6.54 Å². The monoisotopic (exact) mass is 250 g/mol.